The fourth-order valence-corrected chi connectivity index (χ4v) is 3.47. The molecule has 5 nitrogen and oxygen atoms in total. The zero-order chi connectivity index (χ0) is 20.5. The summed E-state index contributed by atoms with van der Waals surface area (Å²) in [7, 11) is 1.58. The third kappa shape index (κ3) is 6.51. The maximum Gasteiger partial charge on any atom is 0.234 e. The van der Waals surface area contributed by atoms with Crippen LogP contribution in [0.2, 0.25) is 0 Å². The van der Waals surface area contributed by atoms with Crippen molar-refractivity contribution in [3.8, 4) is 5.75 Å². The van der Waals surface area contributed by atoms with Crippen molar-refractivity contribution < 1.29 is 9.53 Å². The van der Waals surface area contributed by atoms with Gasteiger partial charge in [-0.3, -0.25) is 4.79 Å². The second-order valence-corrected chi connectivity index (χ2v) is 7.46. The maximum absolute atomic E-state index is 12.2. The van der Waals surface area contributed by atoms with E-state index in [1.54, 1.807) is 7.11 Å². The molecule has 1 amide bonds. The van der Waals surface area contributed by atoms with Gasteiger partial charge in [0.2, 0.25) is 5.91 Å². The molecule has 0 aliphatic rings. The average Bonchev–Trinajstić information content (AvgIpc) is 2.74. The number of nitrogens with one attached hydrogen (secondary N) is 3. The molecule has 0 saturated heterocycles. The Hall–Kier alpha value is -3.03. The Labute approximate surface area is 179 Å². The lowest BCUT2D eigenvalue weighted by atomic mass is 10.3. The van der Waals surface area contributed by atoms with Gasteiger partial charge in [-0.2, -0.15) is 0 Å². The molecule has 0 spiro atoms. The molecule has 0 aliphatic heterocycles. The van der Waals surface area contributed by atoms with Gasteiger partial charge in [-0.15, -0.1) is 11.8 Å². The lowest BCUT2D eigenvalue weighted by Gasteiger charge is -2.11. The van der Waals surface area contributed by atoms with E-state index in [9.17, 15) is 4.79 Å². The number of rotatable bonds is 7. The normalized spacial score (nSPS) is 10.1. The van der Waals surface area contributed by atoms with Crippen LogP contribution < -0.4 is 20.7 Å². The number of ether oxygens (including phenoxy) is 1. The molecular formula is C22H21N3O2S2. The summed E-state index contributed by atoms with van der Waals surface area (Å²) in [5.74, 6) is 0.856. The number of para-hydroxylation sites is 3. The van der Waals surface area contributed by atoms with Crippen molar-refractivity contribution >= 4 is 52.1 Å². The first kappa shape index (κ1) is 20.7. The SMILES string of the molecule is COc1ccccc1NC(=O)CSc1ccc(NC(=S)Nc2ccccc2)cc1. The minimum atomic E-state index is -0.0880. The molecule has 0 fully saturated rings. The van der Waals surface area contributed by atoms with Gasteiger partial charge in [-0.1, -0.05) is 30.3 Å². The molecule has 7 heteroatoms. The lowest BCUT2D eigenvalue weighted by molar-refractivity contribution is -0.113. The summed E-state index contributed by atoms with van der Waals surface area (Å²) < 4.78 is 5.25. The smallest absolute Gasteiger partial charge is 0.234 e. The highest BCUT2D eigenvalue weighted by Gasteiger charge is 2.08. The summed E-state index contributed by atoms with van der Waals surface area (Å²) >= 11 is 6.79. The van der Waals surface area contributed by atoms with Gasteiger partial charge in [0.05, 0.1) is 18.6 Å². The number of hydrogen-bond acceptors (Lipinski definition) is 4. The standard InChI is InChI=1S/C22H21N3O2S2/c1-27-20-10-6-5-9-19(20)25-21(26)15-29-18-13-11-17(12-14-18)24-22(28)23-16-7-3-2-4-8-16/h2-14H,15H2,1H3,(H,25,26)(H2,23,24,28). The third-order valence-electron chi connectivity index (χ3n) is 3.89. The monoisotopic (exact) mass is 423 g/mol. The molecule has 0 atom stereocenters. The van der Waals surface area contributed by atoms with Crippen LogP contribution >= 0.6 is 24.0 Å². The Morgan fingerprint density at radius 2 is 1.48 bits per heavy atom. The fraction of sp³-hybridized carbons (Fsp3) is 0.0909. The number of thiocarbonyl (C=S) groups is 1. The van der Waals surface area contributed by atoms with Gasteiger partial charge in [0.1, 0.15) is 5.75 Å². The van der Waals surface area contributed by atoms with Gasteiger partial charge in [0, 0.05) is 16.3 Å². The van der Waals surface area contributed by atoms with Crippen LogP contribution in [0, 0.1) is 0 Å². The molecule has 148 valence electrons. The molecule has 3 aromatic rings. The van der Waals surface area contributed by atoms with Crippen molar-refractivity contribution in [3.63, 3.8) is 0 Å². The Balaban J connectivity index is 1.47. The van der Waals surface area contributed by atoms with E-state index in [1.165, 1.54) is 11.8 Å². The Morgan fingerprint density at radius 1 is 0.862 bits per heavy atom. The summed E-state index contributed by atoms with van der Waals surface area (Å²) in [6, 6.07) is 24.8. The van der Waals surface area contributed by atoms with E-state index in [0.29, 0.717) is 22.3 Å². The van der Waals surface area contributed by atoms with Gasteiger partial charge in [-0.25, -0.2) is 0 Å². The van der Waals surface area contributed by atoms with E-state index in [2.05, 4.69) is 16.0 Å². The Kier molecular flexibility index (Phi) is 7.49. The highest BCUT2D eigenvalue weighted by atomic mass is 32.2. The second-order valence-electron chi connectivity index (χ2n) is 6.01. The predicted molar refractivity (Wildman–Crippen MR) is 125 cm³/mol. The summed E-state index contributed by atoms with van der Waals surface area (Å²) in [5.41, 5.74) is 2.47. The van der Waals surface area contributed by atoms with Gasteiger partial charge < -0.3 is 20.7 Å². The molecule has 0 heterocycles. The minimum absolute atomic E-state index is 0.0880. The van der Waals surface area contributed by atoms with Gasteiger partial charge in [0.25, 0.3) is 0 Å². The van der Waals surface area contributed by atoms with E-state index in [4.69, 9.17) is 17.0 Å². The van der Waals surface area contributed by atoms with Crippen molar-refractivity contribution in [2.75, 3.05) is 28.8 Å². The molecule has 0 aliphatic carbocycles. The molecule has 3 N–H and O–H groups in total. The highest BCUT2D eigenvalue weighted by Crippen LogP contribution is 2.24. The molecule has 0 saturated carbocycles. The first-order valence-corrected chi connectivity index (χ1v) is 10.3. The number of hydrogen-bond donors (Lipinski definition) is 3. The second kappa shape index (κ2) is 10.5. The zero-order valence-electron chi connectivity index (χ0n) is 15.8. The molecule has 0 aromatic heterocycles. The van der Waals surface area contributed by atoms with Crippen LogP contribution in [0.15, 0.2) is 83.8 Å². The van der Waals surface area contributed by atoms with Crippen molar-refractivity contribution in [1.29, 1.82) is 0 Å². The van der Waals surface area contributed by atoms with E-state index in [-0.39, 0.29) is 5.91 Å². The average molecular weight is 424 g/mol. The van der Waals surface area contributed by atoms with Crippen LogP contribution in [-0.4, -0.2) is 23.9 Å². The van der Waals surface area contributed by atoms with Crippen LogP contribution in [0.3, 0.4) is 0 Å². The zero-order valence-corrected chi connectivity index (χ0v) is 17.5. The third-order valence-corrected chi connectivity index (χ3v) is 5.11. The summed E-state index contributed by atoms with van der Waals surface area (Å²) in [5, 5.41) is 9.67. The topological polar surface area (TPSA) is 62.4 Å². The molecule has 0 unspecified atom stereocenters. The number of anilines is 3. The van der Waals surface area contributed by atoms with Gasteiger partial charge in [0.15, 0.2) is 5.11 Å². The van der Waals surface area contributed by atoms with Crippen LogP contribution in [0.4, 0.5) is 17.1 Å². The first-order valence-electron chi connectivity index (χ1n) is 8.93. The van der Waals surface area contributed by atoms with Crippen LogP contribution in [-0.2, 0) is 4.79 Å². The van der Waals surface area contributed by atoms with Crippen molar-refractivity contribution in [2.45, 2.75) is 4.90 Å². The van der Waals surface area contributed by atoms with E-state index in [0.717, 1.165) is 16.3 Å². The number of amides is 1. The number of thioether (sulfide) groups is 1. The van der Waals surface area contributed by atoms with E-state index in [1.807, 2.05) is 78.9 Å². The number of benzene rings is 3. The minimum Gasteiger partial charge on any atom is -0.495 e. The van der Waals surface area contributed by atoms with Crippen molar-refractivity contribution in [2.24, 2.45) is 0 Å². The summed E-state index contributed by atoms with van der Waals surface area (Å²) in [6.07, 6.45) is 0. The first-order chi connectivity index (χ1) is 14.1. The summed E-state index contributed by atoms with van der Waals surface area (Å²) in [4.78, 5) is 13.2. The predicted octanol–water partition coefficient (Wildman–Crippen LogP) is 5.23. The molecule has 0 radical (unpaired) electrons. The van der Waals surface area contributed by atoms with Gasteiger partial charge >= 0.3 is 0 Å². The lowest BCUT2D eigenvalue weighted by Crippen LogP contribution is -2.18. The van der Waals surface area contributed by atoms with E-state index >= 15 is 0 Å². The number of carbonyl (C=O) groups is 1. The number of carbonyl (C=O) groups excluding carboxylic acids is 1. The quantitative estimate of drug-likeness (QED) is 0.357. The Morgan fingerprint density at radius 3 is 2.17 bits per heavy atom. The fourth-order valence-electron chi connectivity index (χ4n) is 2.53. The number of methoxy groups -OCH3 is 1. The largest absolute Gasteiger partial charge is 0.495 e. The molecule has 0 bridgehead atoms. The molecule has 3 rings (SSSR count). The maximum atomic E-state index is 12.2. The highest BCUT2D eigenvalue weighted by molar-refractivity contribution is 8.00. The van der Waals surface area contributed by atoms with Gasteiger partial charge in [-0.05, 0) is 60.7 Å². The Bertz CT molecular complexity index is 963. The van der Waals surface area contributed by atoms with E-state index < -0.39 is 0 Å². The molecule has 29 heavy (non-hydrogen) atoms. The van der Waals surface area contributed by atoms with Crippen LogP contribution in [0.1, 0.15) is 0 Å². The summed E-state index contributed by atoms with van der Waals surface area (Å²) in [6.45, 7) is 0. The van der Waals surface area contributed by atoms with Crippen LogP contribution in [0.5, 0.6) is 5.75 Å². The van der Waals surface area contributed by atoms with Crippen LogP contribution in [0.25, 0.3) is 0 Å². The molecule has 3 aromatic carbocycles. The van der Waals surface area contributed by atoms with Crippen molar-refractivity contribution in [3.05, 3.63) is 78.9 Å². The molecular weight excluding hydrogens is 402 g/mol. The van der Waals surface area contributed by atoms with Crippen molar-refractivity contribution in [1.82, 2.24) is 0 Å².